The summed E-state index contributed by atoms with van der Waals surface area (Å²) in [5.74, 6) is 2.25. The van der Waals surface area contributed by atoms with Crippen LogP contribution in [0.2, 0.25) is 0 Å². The van der Waals surface area contributed by atoms with Crippen molar-refractivity contribution in [2.75, 3.05) is 26.2 Å². The van der Waals surface area contributed by atoms with Gasteiger partial charge in [-0.15, -0.1) is 0 Å². The van der Waals surface area contributed by atoms with Crippen molar-refractivity contribution in [1.82, 2.24) is 15.5 Å². The fraction of sp³-hybridized carbons (Fsp3) is 0.542. The molecule has 4 atom stereocenters. The summed E-state index contributed by atoms with van der Waals surface area (Å²) in [6.07, 6.45) is 1.06. The predicted octanol–water partition coefficient (Wildman–Crippen LogP) is 2.88. The summed E-state index contributed by atoms with van der Waals surface area (Å²) >= 11 is 0. The maximum absolute atomic E-state index is 13.3. The molecule has 0 unspecified atom stereocenters. The van der Waals surface area contributed by atoms with Crippen LogP contribution in [-0.4, -0.2) is 54.2 Å². The van der Waals surface area contributed by atoms with E-state index in [0.717, 1.165) is 50.3 Å². The van der Waals surface area contributed by atoms with Gasteiger partial charge in [0, 0.05) is 5.56 Å². The second-order valence-electron chi connectivity index (χ2n) is 8.58. The van der Waals surface area contributed by atoms with Crippen LogP contribution in [-0.2, 0) is 6.54 Å². The highest BCUT2D eigenvalue weighted by atomic mass is 16.3. The van der Waals surface area contributed by atoms with Gasteiger partial charge in [0.2, 0.25) is 0 Å². The van der Waals surface area contributed by atoms with Crippen LogP contribution in [0.15, 0.2) is 40.8 Å². The van der Waals surface area contributed by atoms with Crippen molar-refractivity contribution in [3.8, 4) is 11.3 Å². The van der Waals surface area contributed by atoms with E-state index < -0.39 is 6.10 Å². The number of rotatable bonds is 7. The molecule has 1 saturated heterocycles. The third kappa shape index (κ3) is 4.46. The van der Waals surface area contributed by atoms with Crippen molar-refractivity contribution in [3.63, 3.8) is 0 Å². The first-order valence-corrected chi connectivity index (χ1v) is 11.2. The van der Waals surface area contributed by atoms with Crippen molar-refractivity contribution in [1.29, 1.82) is 0 Å². The van der Waals surface area contributed by atoms with Gasteiger partial charge in [0.15, 0.2) is 0 Å². The number of carbonyl (C=O) groups is 1. The molecule has 0 radical (unpaired) electrons. The van der Waals surface area contributed by atoms with Crippen LogP contribution in [0, 0.1) is 11.8 Å². The Morgan fingerprint density at radius 2 is 1.87 bits per heavy atom. The number of nitrogens with zero attached hydrogens (tertiary/aromatic N) is 1. The van der Waals surface area contributed by atoms with Crippen molar-refractivity contribution in [2.24, 2.45) is 11.8 Å². The van der Waals surface area contributed by atoms with Crippen molar-refractivity contribution in [2.45, 2.75) is 45.4 Å². The zero-order valence-corrected chi connectivity index (χ0v) is 17.9. The molecule has 1 aliphatic carbocycles. The van der Waals surface area contributed by atoms with Gasteiger partial charge in [-0.3, -0.25) is 9.69 Å². The minimum atomic E-state index is -0.502. The molecule has 1 saturated carbocycles. The van der Waals surface area contributed by atoms with Crippen molar-refractivity contribution >= 4 is 5.91 Å². The van der Waals surface area contributed by atoms with Gasteiger partial charge in [0.25, 0.3) is 5.91 Å². The lowest BCUT2D eigenvalue weighted by atomic mass is 9.77. The van der Waals surface area contributed by atoms with Crippen molar-refractivity contribution < 1.29 is 14.3 Å². The Bertz CT molecular complexity index is 847. The number of hydrogen-bond donors (Lipinski definition) is 3. The number of benzene rings is 1. The normalized spacial score (nSPS) is 26.0. The van der Waals surface area contributed by atoms with E-state index in [2.05, 4.69) is 29.4 Å². The Hall–Kier alpha value is -2.15. The van der Waals surface area contributed by atoms with Gasteiger partial charge < -0.3 is 20.2 Å². The minimum absolute atomic E-state index is 0.170. The lowest BCUT2D eigenvalue weighted by molar-refractivity contribution is 0.0462. The molecule has 2 aliphatic rings. The van der Waals surface area contributed by atoms with Gasteiger partial charge in [-0.05, 0) is 56.9 Å². The Kier molecular flexibility index (Phi) is 6.56. The van der Waals surface area contributed by atoms with Gasteiger partial charge in [-0.1, -0.05) is 44.2 Å². The molecule has 3 N–H and O–H groups in total. The summed E-state index contributed by atoms with van der Waals surface area (Å²) in [4.78, 5) is 15.5. The predicted molar refractivity (Wildman–Crippen MR) is 117 cm³/mol. The smallest absolute Gasteiger partial charge is 0.255 e. The maximum atomic E-state index is 13.3. The van der Waals surface area contributed by atoms with Crippen LogP contribution >= 0.6 is 0 Å². The molecule has 2 fully saturated rings. The summed E-state index contributed by atoms with van der Waals surface area (Å²) in [5.41, 5.74) is 1.43. The van der Waals surface area contributed by atoms with Crippen LogP contribution in [0.5, 0.6) is 0 Å². The molecular formula is C24H33N3O3. The van der Waals surface area contributed by atoms with Crippen LogP contribution in [0.1, 0.15) is 42.8 Å². The first-order chi connectivity index (χ1) is 14.6. The number of aliphatic hydroxyl groups excluding tert-OH is 1. The van der Waals surface area contributed by atoms with E-state index in [9.17, 15) is 9.90 Å². The molecule has 4 rings (SSSR count). The topological polar surface area (TPSA) is 77.7 Å². The SMILES string of the molecule is CCN(CC)Cc1cc(C(=O)N[C@H]2C[C@H]3CNC[C@H]3C[C@@H]2O)c(-c2ccccc2)o1. The van der Waals surface area contributed by atoms with E-state index in [0.29, 0.717) is 29.7 Å². The quantitative estimate of drug-likeness (QED) is 0.653. The standard InChI is InChI=1S/C24H33N3O3/c1-3-27(4-2)15-19-12-20(23(30-19)16-8-6-5-7-9-16)24(29)26-21-10-17-13-25-14-18(17)11-22(21)28/h5-9,12,17-18,21-22,25,28H,3-4,10-11,13-15H2,1-2H3,(H,26,29)/t17-,18+,21-,22-/m0/s1. The molecule has 162 valence electrons. The lowest BCUT2D eigenvalue weighted by Gasteiger charge is -2.35. The van der Waals surface area contributed by atoms with Gasteiger partial charge in [0.05, 0.1) is 24.3 Å². The number of carbonyl (C=O) groups excluding carboxylic acids is 1. The first-order valence-electron chi connectivity index (χ1n) is 11.2. The molecular weight excluding hydrogens is 378 g/mol. The summed E-state index contributed by atoms with van der Waals surface area (Å²) in [6.45, 7) is 8.69. The van der Waals surface area contributed by atoms with Crippen molar-refractivity contribution in [3.05, 3.63) is 47.7 Å². The summed E-state index contributed by atoms with van der Waals surface area (Å²) < 4.78 is 6.17. The molecule has 0 spiro atoms. The fourth-order valence-corrected chi connectivity index (χ4v) is 4.86. The van der Waals surface area contributed by atoms with Gasteiger partial charge >= 0.3 is 0 Å². The molecule has 1 aromatic heterocycles. The summed E-state index contributed by atoms with van der Waals surface area (Å²) in [5, 5.41) is 17.1. The van der Waals surface area contributed by atoms with E-state index in [1.54, 1.807) is 0 Å². The molecule has 6 nitrogen and oxygen atoms in total. The van der Waals surface area contributed by atoms with Crippen LogP contribution in [0.3, 0.4) is 0 Å². The van der Waals surface area contributed by atoms with E-state index in [4.69, 9.17) is 4.42 Å². The average molecular weight is 412 g/mol. The minimum Gasteiger partial charge on any atom is -0.459 e. The van der Waals surface area contributed by atoms with Crippen LogP contribution in [0.4, 0.5) is 0 Å². The highest BCUT2D eigenvalue weighted by Crippen LogP contribution is 2.34. The molecule has 30 heavy (non-hydrogen) atoms. The number of amides is 1. The Balaban J connectivity index is 1.56. The number of aliphatic hydroxyl groups is 1. The van der Waals surface area contributed by atoms with E-state index in [-0.39, 0.29) is 11.9 Å². The monoisotopic (exact) mass is 411 g/mol. The number of nitrogens with one attached hydrogen (secondary N) is 2. The molecule has 1 amide bonds. The summed E-state index contributed by atoms with van der Waals surface area (Å²) in [7, 11) is 0. The number of furan rings is 1. The lowest BCUT2D eigenvalue weighted by Crippen LogP contribution is -2.49. The highest BCUT2D eigenvalue weighted by molar-refractivity contribution is 6.00. The Morgan fingerprint density at radius 1 is 1.17 bits per heavy atom. The molecule has 2 aromatic rings. The largest absolute Gasteiger partial charge is 0.459 e. The van der Waals surface area contributed by atoms with Crippen LogP contribution in [0.25, 0.3) is 11.3 Å². The number of hydrogen-bond acceptors (Lipinski definition) is 5. The van der Waals surface area contributed by atoms with E-state index in [1.165, 1.54) is 0 Å². The zero-order valence-electron chi connectivity index (χ0n) is 17.9. The Morgan fingerprint density at radius 3 is 2.57 bits per heavy atom. The van der Waals surface area contributed by atoms with Gasteiger partial charge in [-0.25, -0.2) is 0 Å². The number of fused-ring (bicyclic) bond motifs is 1. The molecule has 2 heterocycles. The van der Waals surface area contributed by atoms with E-state index >= 15 is 0 Å². The highest BCUT2D eigenvalue weighted by Gasteiger charge is 2.39. The molecule has 6 heteroatoms. The first kappa shape index (κ1) is 21.1. The van der Waals surface area contributed by atoms with Crippen LogP contribution < -0.4 is 10.6 Å². The van der Waals surface area contributed by atoms with E-state index in [1.807, 2.05) is 36.4 Å². The third-order valence-corrected chi connectivity index (χ3v) is 6.70. The maximum Gasteiger partial charge on any atom is 0.255 e. The summed E-state index contributed by atoms with van der Waals surface area (Å²) in [6, 6.07) is 11.4. The Labute approximate surface area is 178 Å². The second-order valence-corrected chi connectivity index (χ2v) is 8.58. The van der Waals surface area contributed by atoms with Gasteiger partial charge in [0.1, 0.15) is 11.5 Å². The second kappa shape index (κ2) is 9.33. The third-order valence-electron chi connectivity index (χ3n) is 6.70. The average Bonchev–Trinajstić information content (AvgIpc) is 3.39. The molecule has 1 aromatic carbocycles. The fourth-order valence-electron chi connectivity index (χ4n) is 4.86. The molecule has 0 bridgehead atoms. The van der Waals surface area contributed by atoms with Gasteiger partial charge in [-0.2, -0.15) is 0 Å². The molecule has 1 aliphatic heterocycles. The zero-order chi connectivity index (χ0) is 21.1.